The zero-order chi connectivity index (χ0) is 25.0. The highest BCUT2D eigenvalue weighted by Crippen LogP contribution is 2.13. The molecule has 0 atom stereocenters. The molecule has 0 saturated heterocycles. The van der Waals surface area contributed by atoms with Crippen molar-refractivity contribution in [2.24, 2.45) is 7.05 Å². The smallest absolute Gasteiger partial charge is 0.414 e. The van der Waals surface area contributed by atoms with Crippen molar-refractivity contribution in [2.75, 3.05) is 19.8 Å². The summed E-state index contributed by atoms with van der Waals surface area (Å²) in [5, 5.41) is 0. The number of aryl methyl sites for hydroxylation is 1. The third-order valence-corrected chi connectivity index (χ3v) is 6.02. The van der Waals surface area contributed by atoms with Crippen LogP contribution in [0.1, 0.15) is 96.8 Å². The van der Waals surface area contributed by atoms with Crippen LogP contribution in [0.5, 0.6) is 5.75 Å². The van der Waals surface area contributed by atoms with Crippen LogP contribution >= 0.6 is 0 Å². The maximum atomic E-state index is 11.1. The van der Waals surface area contributed by atoms with Crippen LogP contribution in [0.4, 0.5) is 4.79 Å². The Hall–Kier alpha value is -1.67. The summed E-state index contributed by atoms with van der Waals surface area (Å²) in [6, 6.07) is 3.56. The van der Waals surface area contributed by atoms with E-state index in [2.05, 4.69) is 6.92 Å². The van der Waals surface area contributed by atoms with Gasteiger partial charge in [0.1, 0.15) is 7.05 Å². The van der Waals surface area contributed by atoms with Crippen molar-refractivity contribution >= 4 is 16.2 Å². The van der Waals surface area contributed by atoms with Gasteiger partial charge in [-0.15, -0.1) is 0 Å². The number of hydrogen-bond donors (Lipinski definition) is 0. The molecule has 1 heterocycles. The topological polar surface area (TPSA) is 90.6 Å². The van der Waals surface area contributed by atoms with E-state index in [0.29, 0.717) is 12.2 Å². The van der Waals surface area contributed by atoms with Gasteiger partial charge in [0, 0.05) is 25.9 Å². The number of aromatic nitrogens is 1. The molecule has 7 nitrogen and oxygen atoms in total. The van der Waals surface area contributed by atoms with Gasteiger partial charge < -0.3 is 14.2 Å². The summed E-state index contributed by atoms with van der Waals surface area (Å²) in [7, 11) is 1.17. The Labute approximate surface area is 202 Å². The Morgan fingerprint density at radius 2 is 1.36 bits per heavy atom. The fourth-order valence-electron chi connectivity index (χ4n) is 3.29. The van der Waals surface area contributed by atoms with E-state index in [1.165, 1.54) is 75.5 Å². The highest BCUT2D eigenvalue weighted by atomic mass is 32.2. The number of carbonyl (C=O) groups excluding carboxylic acids is 1. The van der Waals surface area contributed by atoms with Crippen LogP contribution < -0.4 is 9.30 Å². The fraction of sp³-hybridized carbons (Fsp3) is 0.760. The Bertz CT molecular complexity index is 723. The largest absolute Gasteiger partial charge is 0.748 e. The number of unbranched alkanes of at least 4 members (excludes halogenated alkanes) is 13. The Morgan fingerprint density at radius 3 is 1.76 bits per heavy atom. The molecule has 0 aliphatic heterocycles. The average Bonchev–Trinajstić information content (AvgIpc) is 2.73. The van der Waals surface area contributed by atoms with E-state index in [-0.39, 0.29) is 11.8 Å². The molecule has 0 aliphatic carbocycles. The summed E-state index contributed by atoms with van der Waals surface area (Å²) < 4.78 is 38.0. The Kier molecular flexibility index (Phi) is 18.8. The van der Waals surface area contributed by atoms with E-state index < -0.39 is 10.1 Å². The van der Waals surface area contributed by atoms with Crippen molar-refractivity contribution < 1.29 is 27.1 Å². The lowest BCUT2D eigenvalue weighted by Crippen LogP contribution is -2.29. The quantitative estimate of drug-likeness (QED) is 0.173. The molecule has 0 unspecified atom stereocenters. The molecule has 33 heavy (non-hydrogen) atoms. The second-order valence-corrected chi connectivity index (χ2v) is 10.3. The van der Waals surface area contributed by atoms with E-state index >= 15 is 0 Å². The molecule has 0 bridgehead atoms. The molecule has 0 N–H and O–H groups in total. The number of nitrogens with zero attached hydrogens (tertiary/aromatic N) is 2. The second kappa shape index (κ2) is 19.8. The number of rotatable bonds is 16. The van der Waals surface area contributed by atoms with Crippen molar-refractivity contribution in [1.82, 2.24) is 4.90 Å². The van der Waals surface area contributed by atoms with E-state index in [1.807, 2.05) is 23.9 Å². The first kappa shape index (κ1) is 31.3. The monoisotopic (exact) mass is 486 g/mol. The van der Waals surface area contributed by atoms with Crippen LogP contribution in [0.25, 0.3) is 0 Å². The molecule has 192 valence electrons. The van der Waals surface area contributed by atoms with Crippen LogP contribution in [0, 0.1) is 0 Å². The summed E-state index contributed by atoms with van der Waals surface area (Å²) >= 11 is 0. The van der Waals surface area contributed by atoms with E-state index in [0.717, 1.165) is 12.8 Å². The van der Waals surface area contributed by atoms with Gasteiger partial charge in [0.05, 0.1) is 10.1 Å². The summed E-state index contributed by atoms with van der Waals surface area (Å²) in [6.45, 7) is 2.25. The lowest BCUT2D eigenvalue weighted by Gasteiger charge is -2.09. The van der Waals surface area contributed by atoms with Crippen molar-refractivity contribution in [3.05, 3.63) is 24.5 Å². The van der Waals surface area contributed by atoms with E-state index in [9.17, 15) is 17.8 Å². The van der Waals surface area contributed by atoms with Gasteiger partial charge >= 0.3 is 6.09 Å². The standard InChI is InChI=1S/C16H34O3S.C9H13N2O2/c1-2-3-4-5-6-7-8-9-10-11-12-13-14-15-16-20(17,18)19;1-10(2)9(12)13-8-5-4-6-11(3)7-8/h2-16H2,1H3,(H,17,18,19);4-7H,1-3H3/q;+1/p-1. The number of ether oxygens (including phenoxy) is 1. The minimum absolute atomic E-state index is 0.189. The lowest BCUT2D eigenvalue weighted by atomic mass is 10.0. The van der Waals surface area contributed by atoms with Crippen LogP contribution in [0.15, 0.2) is 24.5 Å². The fourth-order valence-corrected chi connectivity index (χ4v) is 3.84. The Balaban J connectivity index is 0.000000676. The molecule has 0 fully saturated rings. The maximum Gasteiger partial charge on any atom is 0.414 e. The molecular formula is C25H46N2O5S. The first-order valence-electron chi connectivity index (χ1n) is 12.4. The number of carbonyl (C=O) groups is 1. The second-order valence-electron chi connectivity index (χ2n) is 8.83. The summed E-state index contributed by atoms with van der Waals surface area (Å²) in [6.07, 6.45) is 20.4. The van der Waals surface area contributed by atoms with Gasteiger partial charge in [0.15, 0.2) is 11.9 Å². The molecule has 0 radical (unpaired) electrons. The molecule has 1 aromatic heterocycles. The molecule has 1 aromatic rings. The first-order chi connectivity index (χ1) is 15.7. The highest BCUT2D eigenvalue weighted by molar-refractivity contribution is 7.85. The third kappa shape index (κ3) is 21.9. The zero-order valence-corrected chi connectivity index (χ0v) is 22.1. The lowest BCUT2D eigenvalue weighted by molar-refractivity contribution is -0.671. The Morgan fingerprint density at radius 1 is 0.909 bits per heavy atom. The number of pyridine rings is 1. The van der Waals surface area contributed by atoms with Gasteiger partial charge in [-0.3, -0.25) is 0 Å². The first-order valence-corrected chi connectivity index (χ1v) is 14.0. The predicted octanol–water partition coefficient (Wildman–Crippen LogP) is 5.58. The predicted molar refractivity (Wildman–Crippen MR) is 132 cm³/mol. The molecular weight excluding hydrogens is 440 g/mol. The van der Waals surface area contributed by atoms with Gasteiger partial charge in [-0.25, -0.2) is 17.8 Å². The van der Waals surface area contributed by atoms with Gasteiger partial charge in [-0.1, -0.05) is 90.4 Å². The molecule has 0 aliphatic rings. The van der Waals surface area contributed by atoms with E-state index in [4.69, 9.17) is 4.74 Å². The van der Waals surface area contributed by atoms with Crippen LogP contribution in [0.3, 0.4) is 0 Å². The SMILES string of the molecule is CCCCCCCCCCCCCCCCS(=O)(=O)[O-].CN(C)C(=O)Oc1ccc[n+](C)c1. The molecule has 8 heteroatoms. The molecule has 1 amide bonds. The van der Waals surface area contributed by atoms with Gasteiger partial charge in [-0.05, 0) is 12.5 Å². The van der Waals surface area contributed by atoms with Gasteiger partial charge in [-0.2, -0.15) is 0 Å². The average molecular weight is 487 g/mol. The molecule has 0 saturated carbocycles. The maximum absolute atomic E-state index is 11.1. The van der Waals surface area contributed by atoms with Crippen LogP contribution in [-0.2, 0) is 17.2 Å². The number of amides is 1. The minimum atomic E-state index is -3.99. The van der Waals surface area contributed by atoms with Crippen molar-refractivity contribution in [3.8, 4) is 5.75 Å². The van der Waals surface area contributed by atoms with Crippen LogP contribution in [0.2, 0.25) is 0 Å². The normalized spacial score (nSPS) is 10.9. The molecule has 0 spiro atoms. The summed E-state index contributed by atoms with van der Waals surface area (Å²) in [4.78, 5) is 12.5. The van der Waals surface area contributed by atoms with Crippen molar-refractivity contribution in [3.63, 3.8) is 0 Å². The van der Waals surface area contributed by atoms with Gasteiger partial charge in [0.2, 0.25) is 6.20 Å². The number of hydrogen-bond acceptors (Lipinski definition) is 5. The highest BCUT2D eigenvalue weighted by Gasteiger charge is 2.08. The zero-order valence-electron chi connectivity index (χ0n) is 21.3. The molecule has 1 rings (SSSR count). The third-order valence-electron chi connectivity index (χ3n) is 5.23. The summed E-state index contributed by atoms with van der Waals surface area (Å²) in [5.74, 6) is 0.356. The van der Waals surface area contributed by atoms with Gasteiger partial charge in [0.25, 0.3) is 0 Å². The van der Waals surface area contributed by atoms with Crippen LogP contribution in [-0.4, -0.2) is 43.8 Å². The van der Waals surface area contributed by atoms with Crippen molar-refractivity contribution in [2.45, 2.75) is 96.8 Å². The van der Waals surface area contributed by atoms with E-state index in [1.54, 1.807) is 26.4 Å². The summed E-state index contributed by atoms with van der Waals surface area (Å²) in [5.41, 5.74) is 0. The molecule has 0 aromatic carbocycles. The minimum Gasteiger partial charge on any atom is -0.748 e. The van der Waals surface area contributed by atoms with Crippen molar-refractivity contribution in [1.29, 1.82) is 0 Å².